The van der Waals surface area contributed by atoms with E-state index in [2.05, 4.69) is 5.10 Å². The number of hydrogen-bond donors (Lipinski definition) is 1. The highest BCUT2D eigenvalue weighted by molar-refractivity contribution is 5.95. The van der Waals surface area contributed by atoms with Gasteiger partial charge in [0.25, 0.3) is 5.91 Å². The molecule has 104 valence electrons. The summed E-state index contributed by atoms with van der Waals surface area (Å²) in [6.45, 7) is 5.72. The van der Waals surface area contributed by atoms with Gasteiger partial charge in [0.05, 0.1) is 17.3 Å². The molecule has 0 atom stereocenters. The SMILES string of the molecule is CC(C)(C)n1cc(C(=O)N(CC(=O)O)C2CC2)cn1. The predicted octanol–water partition coefficient (Wildman–Crippen LogP) is 1.33. The molecular formula is C13H19N3O3. The van der Waals surface area contributed by atoms with Gasteiger partial charge in [-0.3, -0.25) is 14.3 Å². The Balaban J connectivity index is 2.17. The second-order valence-electron chi connectivity index (χ2n) is 5.90. The molecular weight excluding hydrogens is 246 g/mol. The molecule has 0 unspecified atom stereocenters. The maximum absolute atomic E-state index is 12.3. The van der Waals surface area contributed by atoms with E-state index in [1.807, 2.05) is 20.8 Å². The number of rotatable bonds is 4. The van der Waals surface area contributed by atoms with Gasteiger partial charge < -0.3 is 10.0 Å². The topological polar surface area (TPSA) is 75.4 Å². The Hall–Kier alpha value is -1.85. The van der Waals surface area contributed by atoms with E-state index in [0.717, 1.165) is 12.8 Å². The Labute approximate surface area is 112 Å². The molecule has 1 fully saturated rings. The van der Waals surface area contributed by atoms with Crippen molar-refractivity contribution in [2.45, 2.75) is 45.2 Å². The molecule has 1 N–H and O–H groups in total. The molecule has 2 rings (SSSR count). The first-order valence-electron chi connectivity index (χ1n) is 6.37. The minimum atomic E-state index is -0.983. The van der Waals surface area contributed by atoms with E-state index >= 15 is 0 Å². The van der Waals surface area contributed by atoms with Crippen molar-refractivity contribution in [2.24, 2.45) is 0 Å². The summed E-state index contributed by atoms with van der Waals surface area (Å²) in [5.74, 6) is -1.23. The van der Waals surface area contributed by atoms with Gasteiger partial charge >= 0.3 is 5.97 Å². The molecule has 1 aromatic rings. The van der Waals surface area contributed by atoms with Gasteiger partial charge in [-0.05, 0) is 33.6 Å². The number of carboxylic acid groups (broad SMARTS) is 1. The second kappa shape index (κ2) is 4.68. The maximum Gasteiger partial charge on any atom is 0.323 e. The van der Waals surface area contributed by atoms with Crippen molar-refractivity contribution in [1.29, 1.82) is 0 Å². The molecule has 1 amide bonds. The first-order chi connectivity index (χ1) is 8.79. The molecule has 6 nitrogen and oxygen atoms in total. The lowest BCUT2D eigenvalue weighted by atomic mass is 10.1. The van der Waals surface area contributed by atoms with Crippen LogP contribution in [0.4, 0.5) is 0 Å². The maximum atomic E-state index is 12.3. The van der Waals surface area contributed by atoms with Gasteiger partial charge in [-0.25, -0.2) is 0 Å². The number of carbonyl (C=O) groups is 2. The van der Waals surface area contributed by atoms with Crippen molar-refractivity contribution in [1.82, 2.24) is 14.7 Å². The zero-order valence-electron chi connectivity index (χ0n) is 11.5. The van der Waals surface area contributed by atoms with Crippen molar-refractivity contribution in [3.05, 3.63) is 18.0 Å². The van der Waals surface area contributed by atoms with Gasteiger partial charge in [0.15, 0.2) is 0 Å². The van der Waals surface area contributed by atoms with Crippen LogP contribution in [0.3, 0.4) is 0 Å². The first-order valence-corrected chi connectivity index (χ1v) is 6.37. The van der Waals surface area contributed by atoms with E-state index in [-0.39, 0.29) is 24.0 Å². The van der Waals surface area contributed by atoms with Gasteiger partial charge in [0.2, 0.25) is 0 Å². The van der Waals surface area contributed by atoms with E-state index in [4.69, 9.17) is 5.11 Å². The summed E-state index contributed by atoms with van der Waals surface area (Å²) < 4.78 is 1.71. The average molecular weight is 265 g/mol. The Morgan fingerprint density at radius 3 is 2.53 bits per heavy atom. The van der Waals surface area contributed by atoms with Crippen LogP contribution in [0.15, 0.2) is 12.4 Å². The van der Waals surface area contributed by atoms with Gasteiger partial charge in [0.1, 0.15) is 6.54 Å². The van der Waals surface area contributed by atoms with E-state index < -0.39 is 5.97 Å². The van der Waals surface area contributed by atoms with Crippen LogP contribution in [-0.4, -0.2) is 44.3 Å². The molecule has 0 spiro atoms. The smallest absolute Gasteiger partial charge is 0.323 e. The summed E-state index contributed by atoms with van der Waals surface area (Å²) in [6, 6.07) is 0.0709. The van der Waals surface area contributed by atoms with E-state index in [0.29, 0.717) is 5.56 Å². The highest BCUT2D eigenvalue weighted by Crippen LogP contribution is 2.28. The minimum Gasteiger partial charge on any atom is -0.480 e. The quantitative estimate of drug-likeness (QED) is 0.891. The van der Waals surface area contributed by atoms with Gasteiger partial charge in [-0.15, -0.1) is 0 Å². The number of nitrogens with zero attached hydrogens (tertiary/aromatic N) is 3. The third kappa shape index (κ3) is 3.13. The molecule has 1 heterocycles. The van der Waals surface area contributed by atoms with Crippen LogP contribution in [0.1, 0.15) is 44.0 Å². The monoisotopic (exact) mass is 265 g/mol. The van der Waals surface area contributed by atoms with E-state index in [9.17, 15) is 9.59 Å². The summed E-state index contributed by atoms with van der Waals surface area (Å²) >= 11 is 0. The Morgan fingerprint density at radius 2 is 2.11 bits per heavy atom. The van der Waals surface area contributed by atoms with Crippen molar-refractivity contribution < 1.29 is 14.7 Å². The van der Waals surface area contributed by atoms with Crippen LogP contribution < -0.4 is 0 Å². The summed E-state index contributed by atoms with van der Waals surface area (Å²) in [5, 5.41) is 13.0. The normalized spacial score (nSPS) is 15.3. The Kier molecular flexibility index (Phi) is 3.34. The van der Waals surface area contributed by atoms with Gasteiger partial charge in [-0.2, -0.15) is 5.10 Å². The molecule has 0 bridgehead atoms. The van der Waals surface area contributed by atoms with Crippen LogP contribution in [0, 0.1) is 0 Å². The fourth-order valence-corrected chi connectivity index (χ4v) is 1.86. The van der Waals surface area contributed by atoms with Gasteiger partial charge in [0, 0.05) is 12.2 Å². The zero-order chi connectivity index (χ0) is 14.2. The molecule has 19 heavy (non-hydrogen) atoms. The minimum absolute atomic E-state index is 0.0709. The highest BCUT2D eigenvalue weighted by atomic mass is 16.4. The van der Waals surface area contributed by atoms with Crippen molar-refractivity contribution in [3.63, 3.8) is 0 Å². The van der Waals surface area contributed by atoms with Crippen LogP contribution in [0.5, 0.6) is 0 Å². The van der Waals surface area contributed by atoms with Gasteiger partial charge in [-0.1, -0.05) is 0 Å². The number of aliphatic carboxylic acids is 1. The third-order valence-electron chi connectivity index (χ3n) is 3.07. The fourth-order valence-electron chi connectivity index (χ4n) is 1.86. The molecule has 0 aromatic carbocycles. The molecule has 1 aromatic heterocycles. The number of hydrogen-bond acceptors (Lipinski definition) is 3. The Morgan fingerprint density at radius 1 is 1.47 bits per heavy atom. The van der Waals surface area contributed by atoms with E-state index in [1.165, 1.54) is 11.1 Å². The fraction of sp³-hybridized carbons (Fsp3) is 0.615. The van der Waals surface area contributed by atoms with E-state index in [1.54, 1.807) is 10.9 Å². The summed E-state index contributed by atoms with van der Waals surface area (Å²) in [7, 11) is 0. The number of aromatic nitrogens is 2. The first kappa shape index (κ1) is 13.6. The largest absolute Gasteiger partial charge is 0.480 e. The summed E-state index contributed by atoms with van der Waals surface area (Å²) in [4.78, 5) is 24.6. The lowest BCUT2D eigenvalue weighted by Crippen LogP contribution is -2.37. The lowest BCUT2D eigenvalue weighted by Gasteiger charge is -2.20. The number of carbonyl (C=O) groups excluding carboxylic acids is 1. The second-order valence-corrected chi connectivity index (χ2v) is 5.90. The average Bonchev–Trinajstić information content (AvgIpc) is 2.99. The molecule has 1 aliphatic rings. The number of carboxylic acids is 1. The third-order valence-corrected chi connectivity index (χ3v) is 3.07. The molecule has 0 radical (unpaired) electrons. The van der Waals surface area contributed by atoms with Crippen molar-refractivity contribution >= 4 is 11.9 Å². The predicted molar refractivity (Wildman–Crippen MR) is 68.9 cm³/mol. The van der Waals surface area contributed by atoms with Crippen LogP contribution >= 0.6 is 0 Å². The molecule has 0 aliphatic heterocycles. The number of amides is 1. The van der Waals surface area contributed by atoms with Crippen molar-refractivity contribution in [2.75, 3.05) is 6.54 Å². The zero-order valence-corrected chi connectivity index (χ0v) is 11.5. The lowest BCUT2D eigenvalue weighted by molar-refractivity contribution is -0.137. The molecule has 1 aliphatic carbocycles. The van der Waals surface area contributed by atoms with Crippen LogP contribution in [0.25, 0.3) is 0 Å². The summed E-state index contributed by atoms with van der Waals surface area (Å²) in [5.41, 5.74) is 0.249. The molecule has 0 saturated heterocycles. The summed E-state index contributed by atoms with van der Waals surface area (Å²) in [6.07, 6.45) is 4.95. The molecule has 1 saturated carbocycles. The highest BCUT2D eigenvalue weighted by Gasteiger charge is 2.35. The van der Waals surface area contributed by atoms with Crippen molar-refractivity contribution in [3.8, 4) is 0 Å². The Bertz CT molecular complexity index is 497. The molecule has 6 heteroatoms. The van der Waals surface area contributed by atoms with Crippen LogP contribution in [-0.2, 0) is 10.3 Å². The standard InChI is InChI=1S/C13H19N3O3/c1-13(2,3)16-7-9(6-14-16)12(19)15(8-11(17)18)10-4-5-10/h6-7,10H,4-5,8H2,1-3H3,(H,17,18). The van der Waals surface area contributed by atoms with Crippen LogP contribution in [0.2, 0.25) is 0 Å².